The molecular formula is C8H20N2O. The summed E-state index contributed by atoms with van der Waals surface area (Å²) in [7, 11) is 3.49. The minimum absolute atomic E-state index is 0.489. The fourth-order valence-electron chi connectivity index (χ4n) is 1.02. The predicted octanol–water partition coefficient (Wildman–Crippen LogP) is 0.207. The molecule has 1 fully saturated rings. The van der Waals surface area contributed by atoms with Crippen LogP contribution in [0.4, 0.5) is 0 Å². The van der Waals surface area contributed by atoms with Crippen LogP contribution in [-0.2, 0) is 4.74 Å². The zero-order valence-corrected chi connectivity index (χ0v) is 7.81. The van der Waals surface area contributed by atoms with E-state index < -0.39 is 0 Å². The summed E-state index contributed by atoms with van der Waals surface area (Å²) in [5, 5.41) is 3.14. The third-order valence-corrected chi connectivity index (χ3v) is 1.88. The molecule has 0 spiro atoms. The molecule has 0 aliphatic carbocycles. The van der Waals surface area contributed by atoms with Gasteiger partial charge in [-0.25, -0.2) is 0 Å². The number of hydrogen-bond acceptors (Lipinski definition) is 3. The van der Waals surface area contributed by atoms with Crippen molar-refractivity contribution in [2.45, 2.75) is 13.3 Å². The summed E-state index contributed by atoms with van der Waals surface area (Å²) in [6.07, 6.45) is 1.24. The largest absolute Gasteiger partial charge is 0.380 e. The molecule has 0 saturated carbocycles. The van der Waals surface area contributed by atoms with E-state index >= 15 is 0 Å². The molecule has 0 aromatic heterocycles. The number of rotatable bonds is 3. The second kappa shape index (κ2) is 5.52. The molecule has 0 aromatic rings. The van der Waals surface area contributed by atoms with Crippen LogP contribution in [0.15, 0.2) is 0 Å². The second-order valence-electron chi connectivity index (χ2n) is 3.16. The van der Waals surface area contributed by atoms with Crippen LogP contribution in [0.25, 0.3) is 0 Å². The lowest BCUT2D eigenvalue weighted by Gasteiger charge is -2.38. The van der Waals surface area contributed by atoms with Crippen molar-refractivity contribution < 1.29 is 4.74 Å². The molecule has 3 nitrogen and oxygen atoms in total. The fraction of sp³-hybridized carbons (Fsp3) is 1.00. The average molecular weight is 160 g/mol. The van der Waals surface area contributed by atoms with Gasteiger partial charge in [0.2, 0.25) is 0 Å². The van der Waals surface area contributed by atoms with Gasteiger partial charge in [0, 0.05) is 5.41 Å². The molecule has 3 N–H and O–H groups in total. The molecule has 1 aliphatic heterocycles. The van der Waals surface area contributed by atoms with E-state index in [9.17, 15) is 0 Å². The van der Waals surface area contributed by atoms with Gasteiger partial charge in [-0.05, 0) is 27.1 Å². The topological polar surface area (TPSA) is 47.3 Å². The molecule has 1 aliphatic rings. The Labute approximate surface area is 69.3 Å². The zero-order chi connectivity index (χ0) is 8.74. The maximum Gasteiger partial charge on any atom is 0.0542 e. The molecule has 0 aromatic carbocycles. The summed E-state index contributed by atoms with van der Waals surface area (Å²) in [5.74, 6) is 0. The first kappa shape index (κ1) is 10.9. The zero-order valence-electron chi connectivity index (χ0n) is 7.81. The monoisotopic (exact) mass is 160 g/mol. The molecule has 11 heavy (non-hydrogen) atoms. The Morgan fingerprint density at radius 1 is 1.45 bits per heavy atom. The number of nitrogens with two attached hydrogens (primary N) is 1. The highest BCUT2D eigenvalue weighted by molar-refractivity contribution is 4.80. The summed E-state index contributed by atoms with van der Waals surface area (Å²) in [5.41, 5.74) is 4.99. The van der Waals surface area contributed by atoms with Gasteiger partial charge in [0.25, 0.3) is 0 Å². The van der Waals surface area contributed by atoms with Crippen LogP contribution < -0.4 is 11.1 Å². The van der Waals surface area contributed by atoms with Gasteiger partial charge in [0.15, 0.2) is 0 Å². The predicted molar refractivity (Wildman–Crippen MR) is 47.6 cm³/mol. The maximum absolute atomic E-state index is 5.11. The molecule has 0 atom stereocenters. The molecule has 0 unspecified atom stereocenters. The third-order valence-electron chi connectivity index (χ3n) is 1.88. The quantitative estimate of drug-likeness (QED) is 0.620. The van der Waals surface area contributed by atoms with Crippen molar-refractivity contribution >= 4 is 0 Å². The smallest absolute Gasteiger partial charge is 0.0542 e. The van der Waals surface area contributed by atoms with Crippen molar-refractivity contribution in [3.05, 3.63) is 0 Å². The standard InChI is InChI=1S/C7H15NO.CH5N/c1-7(3-4-8-2)5-9-6-7;1-2/h8H,3-6H2,1-2H3;2H2,1H3. The first-order chi connectivity index (χ1) is 5.27. The Kier molecular flexibility index (Phi) is 5.46. The SMILES string of the molecule is CN.CNCCC1(C)COC1. The van der Waals surface area contributed by atoms with Crippen molar-refractivity contribution in [2.75, 3.05) is 33.9 Å². The van der Waals surface area contributed by atoms with E-state index in [1.165, 1.54) is 13.5 Å². The van der Waals surface area contributed by atoms with E-state index in [0.29, 0.717) is 5.41 Å². The van der Waals surface area contributed by atoms with Crippen molar-refractivity contribution in [1.29, 1.82) is 0 Å². The Bertz CT molecular complexity index is 92.1. The van der Waals surface area contributed by atoms with E-state index in [0.717, 1.165) is 19.8 Å². The number of hydrogen-bond donors (Lipinski definition) is 2. The summed E-state index contributed by atoms with van der Waals surface area (Å²) in [6.45, 7) is 5.29. The molecule has 0 amide bonds. The maximum atomic E-state index is 5.11. The normalized spacial score (nSPS) is 19.6. The minimum Gasteiger partial charge on any atom is -0.380 e. The van der Waals surface area contributed by atoms with Gasteiger partial charge in [-0.3, -0.25) is 0 Å². The Morgan fingerprint density at radius 3 is 2.27 bits per heavy atom. The lowest BCUT2D eigenvalue weighted by molar-refractivity contribution is -0.104. The highest BCUT2D eigenvalue weighted by atomic mass is 16.5. The molecule has 0 bridgehead atoms. The molecule has 0 radical (unpaired) electrons. The lowest BCUT2D eigenvalue weighted by atomic mass is 9.85. The van der Waals surface area contributed by atoms with E-state index in [4.69, 9.17) is 4.74 Å². The Hall–Kier alpha value is -0.120. The van der Waals surface area contributed by atoms with Crippen molar-refractivity contribution in [3.8, 4) is 0 Å². The van der Waals surface area contributed by atoms with E-state index in [1.807, 2.05) is 7.05 Å². The molecule has 3 heteroatoms. The van der Waals surface area contributed by atoms with Gasteiger partial charge in [-0.15, -0.1) is 0 Å². The van der Waals surface area contributed by atoms with E-state index in [1.54, 1.807) is 0 Å². The highest BCUT2D eigenvalue weighted by Crippen LogP contribution is 2.29. The molecule has 1 rings (SSSR count). The van der Waals surface area contributed by atoms with Crippen LogP contribution in [0.1, 0.15) is 13.3 Å². The van der Waals surface area contributed by atoms with Crippen molar-refractivity contribution in [2.24, 2.45) is 11.1 Å². The van der Waals surface area contributed by atoms with E-state index in [-0.39, 0.29) is 0 Å². The average Bonchev–Trinajstić information content (AvgIpc) is 2.01. The van der Waals surface area contributed by atoms with Gasteiger partial charge in [-0.1, -0.05) is 6.92 Å². The number of nitrogens with one attached hydrogen (secondary N) is 1. The number of ether oxygens (including phenoxy) is 1. The molecular weight excluding hydrogens is 140 g/mol. The van der Waals surface area contributed by atoms with Crippen LogP contribution in [0.5, 0.6) is 0 Å². The Morgan fingerprint density at radius 2 is 2.00 bits per heavy atom. The van der Waals surface area contributed by atoms with Gasteiger partial charge < -0.3 is 15.8 Å². The first-order valence-electron chi connectivity index (χ1n) is 4.07. The molecule has 68 valence electrons. The van der Waals surface area contributed by atoms with Crippen LogP contribution in [0.2, 0.25) is 0 Å². The van der Waals surface area contributed by atoms with E-state index in [2.05, 4.69) is 18.0 Å². The van der Waals surface area contributed by atoms with Crippen LogP contribution >= 0.6 is 0 Å². The fourth-order valence-corrected chi connectivity index (χ4v) is 1.02. The highest BCUT2D eigenvalue weighted by Gasteiger charge is 2.32. The minimum atomic E-state index is 0.489. The Balaban J connectivity index is 0.000000461. The summed E-state index contributed by atoms with van der Waals surface area (Å²) < 4.78 is 5.11. The molecule has 1 heterocycles. The van der Waals surface area contributed by atoms with Crippen LogP contribution in [0.3, 0.4) is 0 Å². The second-order valence-corrected chi connectivity index (χ2v) is 3.16. The summed E-state index contributed by atoms with van der Waals surface area (Å²) in [4.78, 5) is 0. The van der Waals surface area contributed by atoms with Gasteiger partial charge >= 0.3 is 0 Å². The molecule has 1 saturated heterocycles. The summed E-state index contributed by atoms with van der Waals surface area (Å²) >= 11 is 0. The van der Waals surface area contributed by atoms with Crippen molar-refractivity contribution in [1.82, 2.24) is 5.32 Å². The van der Waals surface area contributed by atoms with Crippen LogP contribution in [0, 0.1) is 5.41 Å². The lowest BCUT2D eigenvalue weighted by Crippen LogP contribution is -2.41. The van der Waals surface area contributed by atoms with Crippen LogP contribution in [-0.4, -0.2) is 33.9 Å². The van der Waals surface area contributed by atoms with Gasteiger partial charge in [0.1, 0.15) is 0 Å². The van der Waals surface area contributed by atoms with Crippen molar-refractivity contribution in [3.63, 3.8) is 0 Å². The van der Waals surface area contributed by atoms with Gasteiger partial charge in [-0.2, -0.15) is 0 Å². The first-order valence-corrected chi connectivity index (χ1v) is 4.07. The van der Waals surface area contributed by atoms with Gasteiger partial charge in [0.05, 0.1) is 13.2 Å². The third kappa shape index (κ3) is 3.70. The summed E-state index contributed by atoms with van der Waals surface area (Å²) in [6, 6.07) is 0.